The number of ether oxygens (including phenoxy) is 1. The van der Waals surface area contributed by atoms with Crippen molar-refractivity contribution in [3.05, 3.63) is 30.1 Å². The summed E-state index contributed by atoms with van der Waals surface area (Å²) in [5.74, 6) is 1.26. The smallest absolute Gasteiger partial charge is 0.253 e. The zero-order chi connectivity index (χ0) is 15.5. The van der Waals surface area contributed by atoms with Crippen LogP contribution in [0.5, 0.6) is 5.75 Å². The van der Waals surface area contributed by atoms with Gasteiger partial charge in [-0.25, -0.2) is 0 Å². The molecule has 3 rings (SSSR count). The number of methoxy groups -OCH3 is 1. The lowest BCUT2D eigenvalue weighted by molar-refractivity contribution is 0.0745. The lowest BCUT2D eigenvalue weighted by atomic mass is 9.85. The lowest BCUT2D eigenvalue weighted by Crippen LogP contribution is -2.34. The van der Waals surface area contributed by atoms with Crippen LogP contribution in [0.4, 0.5) is 0 Å². The Hall–Kier alpha value is -2.44. The van der Waals surface area contributed by atoms with Gasteiger partial charge in [-0.1, -0.05) is 6.42 Å². The maximum atomic E-state index is 12.6. The highest BCUT2D eigenvalue weighted by atomic mass is 16.5. The first kappa shape index (κ1) is 14.5. The fraction of sp³-hybridized carbons (Fsp3) is 0.467. The molecule has 0 bridgehead atoms. The summed E-state index contributed by atoms with van der Waals surface area (Å²) in [7, 11) is 3.43. The fourth-order valence-electron chi connectivity index (χ4n) is 2.64. The van der Waals surface area contributed by atoms with Crippen LogP contribution in [0.1, 0.15) is 29.6 Å². The van der Waals surface area contributed by atoms with Crippen molar-refractivity contribution in [2.45, 2.75) is 19.3 Å². The molecule has 0 N–H and O–H groups in total. The number of hydrogen-bond acceptors (Lipinski definition) is 5. The first-order valence-corrected chi connectivity index (χ1v) is 7.36. The van der Waals surface area contributed by atoms with Crippen molar-refractivity contribution in [1.29, 1.82) is 0 Å². The summed E-state index contributed by atoms with van der Waals surface area (Å²) in [4.78, 5) is 14.4. The van der Waals surface area contributed by atoms with Crippen LogP contribution in [-0.2, 0) is 0 Å². The monoisotopic (exact) mass is 301 g/mol. The van der Waals surface area contributed by atoms with E-state index in [0.717, 1.165) is 6.54 Å². The summed E-state index contributed by atoms with van der Waals surface area (Å²) in [6, 6.07) is 5.29. The Balaban J connectivity index is 1.84. The summed E-state index contributed by atoms with van der Waals surface area (Å²) in [6.45, 7) is 0.811. The largest absolute Gasteiger partial charge is 0.494 e. The van der Waals surface area contributed by atoms with Crippen LogP contribution >= 0.6 is 0 Å². The van der Waals surface area contributed by atoms with Crippen LogP contribution in [-0.4, -0.2) is 51.7 Å². The third-order valence-corrected chi connectivity index (χ3v) is 4.13. The maximum Gasteiger partial charge on any atom is 0.253 e. The van der Waals surface area contributed by atoms with Crippen LogP contribution in [0, 0.1) is 5.92 Å². The summed E-state index contributed by atoms with van der Waals surface area (Å²) in [5.41, 5.74) is 1.25. The van der Waals surface area contributed by atoms with E-state index in [2.05, 4.69) is 15.5 Å². The van der Waals surface area contributed by atoms with Gasteiger partial charge in [0, 0.05) is 19.2 Å². The second-order valence-electron chi connectivity index (χ2n) is 5.62. The molecule has 1 amide bonds. The molecule has 0 spiro atoms. The minimum absolute atomic E-state index is 0.00359. The first-order chi connectivity index (χ1) is 10.7. The average Bonchev–Trinajstić information content (AvgIpc) is 3.03. The molecule has 0 radical (unpaired) electrons. The van der Waals surface area contributed by atoms with Gasteiger partial charge in [0.2, 0.25) is 0 Å². The van der Waals surface area contributed by atoms with Crippen LogP contribution in [0.15, 0.2) is 24.5 Å². The summed E-state index contributed by atoms with van der Waals surface area (Å²) < 4.78 is 6.80. The molecule has 7 heteroatoms. The predicted octanol–water partition coefficient (Wildman–Crippen LogP) is 1.54. The molecular weight excluding hydrogens is 282 g/mol. The van der Waals surface area contributed by atoms with Crippen molar-refractivity contribution in [3.8, 4) is 11.4 Å². The molecule has 2 aromatic rings. The second kappa shape index (κ2) is 6.13. The molecule has 1 saturated carbocycles. The molecule has 1 fully saturated rings. The van der Waals surface area contributed by atoms with Gasteiger partial charge in [-0.2, -0.15) is 4.68 Å². The van der Waals surface area contributed by atoms with E-state index in [1.165, 1.54) is 30.3 Å². The lowest BCUT2D eigenvalue weighted by Gasteiger charge is -2.30. The molecule has 1 aliphatic rings. The van der Waals surface area contributed by atoms with Gasteiger partial charge >= 0.3 is 0 Å². The van der Waals surface area contributed by atoms with Gasteiger partial charge in [0.25, 0.3) is 5.91 Å². The van der Waals surface area contributed by atoms with Crippen LogP contribution in [0.3, 0.4) is 0 Å². The number of tetrazole rings is 1. The Kier molecular flexibility index (Phi) is 4.04. The minimum Gasteiger partial charge on any atom is -0.494 e. The van der Waals surface area contributed by atoms with E-state index in [0.29, 0.717) is 22.9 Å². The van der Waals surface area contributed by atoms with Gasteiger partial charge in [-0.3, -0.25) is 4.79 Å². The van der Waals surface area contributed by atoms with Crippen molar-refractivity contribution < 1.29 is 9.53 Å². The van der Waals surface area contributed by atoms with E-state index in [1.54, 1.807) is 30.2 Å². The fourth-order valence-corrected chi connectivity index (χ4v) is 2.64. The molecule has 7 nitrogen and oxygen atoms in total. The van der Waals surface area contributed by atoms with Gasteiger partial charge in [0.15, 0.2) is 0 Å². The van der Waals surface area contributed by atoms with E-state index in [4.69, 9.17) is 4.74 Å². The molecule has 1 heterocycles. The van der Waals surface area contributed by atoms with Gasteiger partial charge in [-0.05, 0) is 47.4 Å². The summed E-state index contributed by atoms with van der Waals surface area (Å²) in [6.07, 6.45) is 5.19. The quantitative estimate of drug-likeness (QED) is 0.837. The zero-order valence-electron chi connectivity index (χ0n) is 12.8. The number of carbonyl (C=O) groups excluding carboxylic acids is 1. The Morgan fingerprint density at radius 1 is 1.45 bits per heavy atom. The Morgan fingerprint density at radius 3 is 2.86 bits per heavy atom. The van der Waals surface area contributed by atoms with Gasteiger partial charge in [0.05, 0.1) is 7.11 Å². The third-order valence-electron chi connectivity index (χ3n) is 4.13. The topological polar surface area (TPSA) is 73.1 Å². The molecule has 0 aliphatic heterocycles. The van der Waals surface area contributed by atoms with Crippen LogP contribution in [0.2, 0.25) is 0 Å². The number of hydrogen-bond donors (Lipinski definition) is 0. The molecule has 0 atom stereocenters. The standard InChI is InChI=1S/C15H19N5O2/c1-19(9-11-4-3-5-11)15(21)12-6-7-14(22-2)13(8-12)20-10-16-17-18-20/h6-8,10-11H,3-5,9H2,1-2H3. The van der Waals surface area contributed by atoms with E-state index in [-0.39, 0.29) is 5.91 Å². The highest BCUT2D eigenvalue weighted by molar-refractivity contribution is 5.95. The normalized spacial score (nSPS) is 14.5. The average molecular weight is 301 g/mol. The van der Waals surface area contributed by atoms with Crippen molar-refractivity contribution in [2.24, 2.45) is 5.92 Å². The van der Waals surface area contributed by atoms with Gasteiger partial charge in [-0.15, -0.1) is 5.10 Å². The Morgan fingerprint density at radius 2 is 2.27 bits per heavy atom. The highest BCUT2D eigenvalue weighted by Crippen LogP contribution is 2.28. The molecule has 0 saturated heterocycles. The molecule has 1 aromatic carbocycles. The van der Waals surface area contributed by atoms with E-state index in [9.17, 15) is 4.79 Å². The summed E-state index contributed by atoms with van der Waals surface area (Å²) in [5, 5.41) is 11.1. The number of amides is 1. The number of carbonyl (C=O) groups is 1. The van der Waals surface area contributed by atoms with Crippen molar-refractivity contribution >= 4 is 5.91 Å². The van der Waals surface area contributed by atoms with Crippen LogP contribution in [0.25, 0.3) is 5.69 Å². The molecule has 1 aromatic heterocycles. The highest BCUT2D eigenvalue weighted by Gasteiger charge is 2.22. The van der Waals surface area contributed by atoms with E-state index in [1.807, 2.05) is 7.05 Å². The van der Waals surface area contributed by atoms with Crippen molar-refractivity contribution in [2.75, 3.05) is 20.7 Å². The molecule has 116 valence electrons. The SMILES string of the molecule is COc1ccc(C(=O)N(C)CC2CCC2)cc1-n1cnnn1. The first-order valence-electron chi connectivity index (χ1n) is 7.36. The molecule has 0 unspecified atom stereocenters. The molecular formula is C15H19N5O2. The van der Waals surface area contributed by atoms with Gasteiger partial charge in [0.1, 0.15) is 17.8 Å². The number of aromatic nitrogens is 4. The third kappa shape index (κ3) is 2.79. The minimum atomic E-state index is 0.00359. The predicted molar refractivity (Wildman–Crippen MR) is 80.0 cm³/mol. The van der Waals surface area contributed by atoms with Crippen molar-refractivity contribution in [3.63, 3.8) is 0 Å². The summed E-state index contributed by atoms with van der Waals surface area (Å²) >= 11 is 0. The number of benzene rings is 1. The Labute approximate surface area is 128 Å². The maximum absolute atomic E-state index is 12.6. The van der Waals surface area contributed by atoms with Crippen LogP contribution < -0.4 is 4.74 Å². The number of rotatable bonds is 5. The second-order valence-corrected chi connectivity index (χ2v) is 5.62. The van der Waals surface area contributed by atoms with Crippen molar-refractivity contribution in [1.82, 2.24) is 25.1 Å². The molecule has 22 heavy (non-hydrogen) atoms. The Bertz CT molecular complexity index is 652. The molecule has 1 aliphatic carbocycles. The van der Waals surface area contributed by atoms with E-state index < -0.39 is 0 Å². The zero-order valence-corrected chi connectivity index (χ0v) is 12.8. The van der Waals surface area contributed by atoms with Gasteiger partial charge < -0.3 is 9.64 Å². The number of nitrogens with zero attached hydrogens (tertiary/aromatic N) is 5. The van der Waals surface area contributed by atoms with E-state index >= 15 is 0 Å².